The van der Waals surface area contributed by atoms with Crippen LogP contribution in [0.5, 0.6) is 0 Å². The van der Waals surface area contributed by atoms with E-state index in [9.17, 15) is 4.79 Å². The molecule has 1 aliphatic heterocycles. The highest BCUT2D eigenvalue weighted by Gasteiger charge is 2.26. The lowest BCUT2D eigenvalue weighted by molar-refractivity contribution is 0.190. The Bertz CT molecular complexity index is 710. The monoisotopic (exact) mass is 346 g/mol. The lowest BCUT2D eigenvalue weighted by Crippen LogP contribution is -2.52. The van der Waals surface area contributed by atoms with Crippen LogP contribution in [-0.2, 0) is 7.05 Å². The topological polar surface area (TPSA) is 79.4 Å². The predicted molar refractivity (Wildman–Crippen MR) is 94.5 cm³/mol. The van der Waals surface area contributed by atoms with Gasteiger partial charge in [0.2, 0.25) is 0 Å². The van der Waals surface area contributed by atoms with Crippen LogP contribution in [0.3, 0.4) is 0 Å². The number of amides is 2. The first-order chi connectivity index (χ1) is 12.0. The van der Waals surface area contributed by atoms with E-state index in [1.54, 1.807) is 4.68 Å². The normalized spacial score (nSPS) is 16.2. The minimum absolute atomic E-state index is 0.0299. The van der Waals surface area contributed by atoms with Crippen LogP contribution >= 0.6 is 0 Å². The number of carbonyl (C=O) groups is 1. The van der Waals surface area contributed by atoms with E-state index in [0.29, 0.717) is 13.1 Å². The van der Waals surface area contributed by atoms with Crippen molar-refractivity contribution in [2.45, 2.75) is 33.2 Å². The summed E-state index contributed by atoms with van der Waals surface area (Å²) in [6.45, 7) is 8.85. The van der Waals surface area contributed by atoms with Gasteiger partial charge in [0.15, 0.2) is 0 Å². The van der Waals surface area contributed by atoms with E-state index in [2.05, 4.69) is 27.4 Å². The molecule has 136 valence electrons. The Morgan fingerprint density at radius 2 is 2.04 bits per heavy atom. The van der Waals surface area contributed by atoms with E-state index in [4.69, 9.17) is 4.52 Å². The number of nitrogens with zero attached hydrogens (tertiary/aromatic N) is 5. The van der Waals surface area contributed by atoms with Gasteiger partial charge < -0.3 is 19.6 Å². The minimum Gasteiger partial charge on any atom is -0.365 e. The van der Waals surface area contributed by atoms with Crippen molar-refractivity contribution in [1.29, 1.82) is 0 Å². The van der Waals surface area contributed by atoms with E-state index in [1.807, 2.05) is 38.2 Å². The predicted octanol–water partition coefficient (Wildman–Crippen LogP) is 2.01. The molecule has 0 aromatic carbocycles. The molecule has 2 aromatic rings. The summed E-state index contributed by atoms with van der Waals surface area (Å²) >= 11 is 0. The highest BCUT2D eigenvalue weighted by atomic mass is 16.5. The van der Waals surface area contributed by atoms with Crippen molar-refractivity contribution in [3.8, 4) is 0 Å². The molecular weight excluding hydrogens is 320 g/mol. The molecule has 0 aliphatic carbocycles. The van der Waals surface area contributed by atoms with Crippen LogP contribution in [0.15, 0.2) is 16.9 Å². The van der Waals surface area contributed by atoms with Crippen molar-refractivity contribution in [3.05, 3.63) is 29.4 Å². The van der Waals surface area contributed by atoms with Gasteiger partial charge in [-0.05, 0) is 20.3 Å². The zero-order valence-electron chi connectivity index (χ0n) is 15.3. The molecule has 3 rings (SSSR count). The molecule has 1 aliphatic rings. The Morgan fingerprint density at radius 1 is 1.32 bits per heavy atom. The molecule has 1 saturated heterocycles. The Labute approximate surface area is 147 Å². The van der Waals surface area contributed by atoms with Gasteiger partial charge >= 0.3 is 6.03 Å². The van der Waals surface area contributed by atoms with Crippen LogP contribution in [0.2, 0.25) is 0 Å². The summed E-state index contributed by atoms with van der Waals surface area (Å²) in [5.74, 6) is 0.769. The Balaban J connectivity index is 1.59. The maximum Gasteiger partial charge on any atom is 0.318 e. The van der Waals surface area contributed by atoms with Crippen LogP contribution in [0.4, 0.5) is 10.5 Å². The summed E-state index contributed by atoms with van der Waals surface area (Å²) in [6.07, 6.45) is 4.66. The van der Waals surface area contributed by atoms with Crippen molar-refractivity contribution in [2.75, 3.05) is 31.1 Å². The molecule has 2 aromatic heterocycles. The van der Waals surface area contributed by atoms with Crippen LogP contribution in [-0.4, -0.2) is 52.0 Å². The molecule has 8 nitrogen and oxygen atoms in total. The van der Waals surface area contributed by atoms with Crippen LogP contribution in [0, 0.1) is 13.8 Å². The second-order valence-corrected chi connectivity index (χ2v) is 6.49. The quantitative estimate of drug-likeness (QED) is 0.916. The van der Waals surface area contributed by atoms with Gasteiger partial charge in [0.1, 0.15) is 5.76 Å². The molecule has 3 heterocycles. The van der Waals surface area contributed by atoms with Crippen LogP contribution in [0.25, 0.3) is 0 Å². The van der Waals surface area contributed by atoms with E-state index >= 15 is 0 Å². The van der Waals surface area contributed by atoms with Crippen LogP contribution < -0.4 is 10.2 Å². The lowest BCUT2D eigenvalue weighted by atomic mass is 10.0. The molecule has 0 spiro atoms. The van der Waals surface area contributed by atoms with Gasteiger partial charge in [-0.15, -0.1) is 0 Å². The standard InChI is InChI=1S/C17H26N6O2/c1-5-15(16-12(2)20-25-13(16)3)19-17(24)23-8-6-22(7-9-23)14-10-18-21(4)11-14/h10-11,15H,5-9H2,1-4H3,(H,19,24)/t15-/m1/s1. The number of aryl methyl sites for hydroxylation is 3. The fraction of sp³-hybridized carbons (Fsp3) is 0.588. The van der Waals surface area contributed by atoms with Gasteiger partial charge in [-0.1, -0.05) is 12.1 Å². The van der Waals surface area contributed by atoms with Gasteiger partial charge in [0.25, 0.3) is 0 Å². The number of urea groups is 1. The van der Waals surface area contributed by atoms with Crippen molar-refractivity contribution in [2.24, 2.45) is 7.05 Å². The number of rotatable bonds is 4. The van der Waals surface area contributed by atoms with E-state index in [0.717, 1.165) is 42.2 Å². The first kappa shape index (κ1) is 17.3. The largest absolute Gasteiger partial charge is 0.365 e. The first-order valence-electron chi connectivity index (χ1n) is 8.71. The molecule has 1 N–H and O–H groups in total. The number of aromatic nitrogens is 3. The zero-order valence-corrected chi connectivity index (χ0v) is 15.3. The van der Waals surface area contributed by atoms with Crippen molar-refractivity contribution >= 4 is 11.7 Å². The number of nitrogens with one attached hydrogen (secondary N) is 1. The maximum atomic E-state index is 12.7. The molecule has 0 unspecified atom stereocenters. The number of piperazine rings is 1. The molecule has 1 fully saturated rings. The zero-order chi connectivity index (χ0) is 18.0. The van der Waals surface area contributed by atoms with Gasteiger partial charge in [0.05, 0.1) is 23.6 Å². The summed E-state index contributed by atoms with van der Waals surface area (Å²) in [5.41, 5.74) is 2.93. The second-order valence-electron chi connectivity index (χ2n) is 6.49. The van der Waals surface area contributed by atoms with Gasteiger partial charge in [-0.25, -0.2) is 4.79 Å². The maximum absolute atomic E-state index is 12.7. The SMILES string of the molecule is CC[C@@H](NC(=O)N1CCN(c2cnn(C)c2)CC1)c1c(C)noc1C. The summed E-state index contributed by atoms with van der Waals surface area (Å²) in [5, 5.41) is 11.3. The average molecular weight is 346 g/mol. The molecule has 1 atom stereocenters. The highest BCUT2D eigenvalue weighted by Crippen LogP contribution is 2.24. The Kier molecular flexibility index (Phi) is 4.96. The van der Waals surface area contributed by atoms with Crippen molar-refractivity contribution in [3.63, 3.8) is 0 Å². The molecule has 0 radical (unpaired) electrons. The third-order valence-electron chi connectivity index (χ3n) is 4.77. The van der Waals surface area contributed by atoms with E-state index in [1.165, 1.54) is 0 Å². The number of anilines is 1. The van der Waals surface area contributed by atoms with E-state index < -0.39 is 0 Å². The lowest BCUT2D eigenvalue weighted by Gasteiger charge is -2.36. The third kappa shape index (κ3) is 3.62. The van der Waals surface area contributed by atoms with Gasteiger partial charge in [-0.2, -0.15) is 5.10 Å². The highest BCUT2D eigenvalue weighted by molar-refractivity contribution is 5.75. The first-order valence-corrected chi connectivity index (χ1v) is 8.71. The van der Waals surface area contributed by atoms with E-state index in [-0.39, 0.29) is 12.1 Å². The number of hydrogen-bond acceptors (Lipinski definition) is 5. The summed E-state index contributed by atoms with van der Waals surface area (Å²) < 4.78 is 7.04. The third-order valence-corrected chi connectivity index (χ3v) is 4.77. The summed E-state index contributed by atoms with van der Waals surface area (Å²) in [6, 6.07) is -0.104. The fourth-order valence-electron chi connectivity index (χ4n) is 3.35. The summed E-state index contributed by atoms with van der Waals surface area (Å²) in [7, 11) is 1.91. The molecule has 2 amide bonds. The van der Waals surface area contributed by atoms with Crippen molar-refractivity contribution in [1.82, 2.24) is 25.2 Å². The smallest absolute Gasteiger partial charge is 0.318 e. The molecule has 8 heteroatoms. The second kappa shape index (κ2) is 7.16. The Hall–Kier alpha value is -2.51. The number of hydrogen-bond donors (Lipinski definition) is 1. The van der Waals surface area contributed by atoms with Gasteiger partial charge in [0, 0.05) is 45.0 Å². The fourth-order valence-corrected chi connectivity index (χ4v) is 3.35. The summed E-state index contributed by atoms with van der Waals surface area (Å²) in [4.78, 5) is 16.8. The van der Waals surface area contributed by atoms with Gasteiger partial charge in [-0.3, -0.25) is 4.68 Å². The minimum atomic E-state index is -0.0740. The Morgan fingerprint density at radius 3 is 2.56 bits per heavy atom. The van der Waals surface area contributed by atoms with Crippen molar-refractivity contribution < 1.29 is 9.32 Å². The molecule has 0 bridgehead atoms. The average Bonchev–Trinajstić information content (AvgIpc) is 3.19. The van der Waals surface area contributed by atoms with Crippen LogP contribution in [0.1, 0.15) is 36.4 Å². The number of carbonyl (C=O) groups excluding carboxylic acids is 1. The molecule has 0 saturated carbocycles. The molecular formula is C17H26N6O2. The molecule has 25 heavy (non-hydrogen) atoms.